The van der Waals surface area contributed by atoms with E-state index >= 15 is 0 Å². The quantitative estimate of drug-likeness (QED) is 0.713. The van der Waals surface area contributed by atoms with E-state index in [9.17, 15) is 0 Å². The number of benzene rings is 1. The largest absolute Gasteiger partial charge is 0.481 e. The van der Waals surface area contributed by atoms with Crippen LogP contribution < -0.4 is 4.74 Å². The number of piperazine rings is 1. The van der Waals surface area contributed by atoms with E-state index < -0.39 is 0 Å². The number of fused-ring (bicyclic) bond motifs is 1. The van der Waals surface area contributed by atoms with Crippen LogP contribution in [0.25, 0.3) is 11.0 Å². The fourth-order valence-corrected chi connectivity index (χ4v) is 3.26. The van der Waals surface area contributed by atoms with Crippen molar-refractivity contribution >= 4 is 11.0 Å². The molecule has 0 bridgehead atoms. The second kappa shape index (κ2) is 7.21. The Labute approximate surface area is 147 Å². The molecule has 6 heteroatoms. The van der Waals surface area contributed by atoms with E-state index in [0.29, 0.717) is 5.88 Å². The van der Waals surface area contributed by atoms with E-state index in [-0.39, 0.29) is 0 Å². The molecule has 130 valence electrons. The molecule has 2 aromatic heterocycles. The van der Waals surface area contributed by atoms with Gasteiger partial charge in [0.1, 0.15) is 5.69 Å². The minimum absolute atomic E-state index is 0.675. The molecule has 6 nitrogen and oxygen atoms in total. The van der Waals surface area contributed by atoms with Crippen molar-refractivity contribution in [3.05, 3.63) is 53.9 Å². The lowest BCUT2D eigenvalue weighted by molar-refractivity contribution is 0.119. The van der Waals surface area contributed by atoms with Crippen LogP contribution in [0.5, 0.6) is 5.88 Å². The van der Waals surface area contributed by atoms with Crippen LogP contribution in [0.2, 0.25) is 0 Å². The van der Waals surface area contributed by atoms with Gasteiger partial charge in [0.2, 0.25) is 5.88 Å². The van der Waals surface area contributed by atoms with Gasteiger partial charge < -0.3 is 9.26 Å². The Balaban J connectivity index is 1.33. The van der Waals surface area contributed by atoms with Gasteiger partial charge in [0.25, 0.3) is 0 Å². The molecule has 0 aliphatic carbocycles. The highest BCUT2D eigenvalue weighted by molar-refractivity contribution is 5.79. The van der Waals surface area contributed by atoms with Gasteiger partial charge in [0.15, 0.2) is 5.58 Å². The second-order valence-corrected chi connectivity index (χ2v) is 6.35. The average molecular weight is 338 g/mol. The second-order valence-electron chi connectivity index (χ2n) is 6.35. The van der Waals surface area contributed by atoms with Crippen LogP contribution >= 0.6 is 0 Å². The Morgan fingerprint density at radius 3 is 2.52 bits per heavy atom. The molecule has 3 aromatic rings. The first kappa shape index (κ1) is 16.1. The molecular formula is C19H22N4O2. The summed E-state index contributed by atoms with van der Waals surface area (Å²) < 4.78 is 10.6. The van der Waals surface area contributed by atoms with Gasteiger partial charge in [-0.3, -0.25) is 9.80 Å². The summed E-state index contributed by atoms with van der Waals surface area (Å²) in [4.78, 5) is 9.36. The minimum Gasteiger partial charge on any atom is -0.481 e. The van der Waals surface area contributed by atoms with Crippen molar-refractivity contribution in [2.24, 2.45) is 0 Å². The first-order valence-corrected chi connectivity index (χ1v) is 8.60. The Morgan fingerprint density at radius 1 is 0.960 bits per heavy atom. The number of aromatic nitrogens is 2. The van der Waals surface area contributed by atoms with E-state index in [0.717, 1.165) is 61.6 Å². The van der Waals surface area contributed by atoms with Gasteiger partial charge in [-0.05, 0) is 18.2 Å². The van der Waals surface area contributed by atoms with Gasteiger partial charge >= 0.3 is 0 Å². The lowest BCUT2D eigenvalue weighted by atomic mass is 10.2. The van der Waals surface area contributed by atoms with Crippen LogP contribution in [0.15, 0.2) is 47.0 Å². The molecule has 0 saturated carbocycles. The first-order chi connectivity index (χ1) is 12.3. The molecule has 0 radical (unpaired) electrons. The molecular weight excluding hydrogens is 316 g/mol. The molecule has 1 aromatic carbocycles. The highest BCUT2D eigenvalue weighted by atomic mass is 16.5. The monoisotopic (exact) mass is 338 g/mol. The molecule has 0 atom stereocenters. The molecule has 1 fully saturated rings. The van der Waals surface area contributed by atoms with Crippen LogP contribution in [0.4, 0.5) is 0 Å². The molecule has 0 spiro atoms. The lowest BCUT2D eigenvalue weighted by Gasteiger charge is -2.34. The summed E-state index contributed by atoms with van der Waals surface area (Å²) in [5.41, 5.74) is 2.94. The number of nitrogens with zero attached hydrogens (tertiary/aromatic N) is 4. The summed E-state index contributed by atoms with van der Waals surface area (Å²) in [7, 11) is 1.65. The molecule has 0 unspecified atom stereocenters. The predicted octanol–water partition coefficient (Wildman–Crippen LogP) is 2.55. The van der Waals surface area contributed by atoms with Crippen LogP contribution in [0, 0.1) is 0 Å². The molecule has 25 heavy (non-hydrogen) atoms. The third kappa shape index (κ3) is 3.65. The van der Waals surface area contributed by atoms with Crippen molar-refractivity contribution < 1.29 is 9.26 Å². The highest BCUT2D eigenvalue weighted by Gasteiger charge is 2.19. The van der Waals surface area contributed by atoms with Crippen molar-refractivity contribution in [2.75, 3.05) is 33.3 Å². The number of hydrogen-bond donors (Lipinski definition) is 0. The number of pyridine rings is 1. The van der Waals surface area contributed by atoms with Crippen molar-refractivity contribution in [2.45, 2.75) is 13.1 Å². The minimum atomic E-state index is 0.675. The van der Waals surface area contributed by atoms with Crippen molar-refractivity contribution in [1.29, 1.82) is 0 Å². The zero-order chi connectivity index (χ0) is 17.1. The number of rotatable bonds is 5. The van der Waals surface area contributed by atoms with Crippen molar-refractivity contribution in [3.8, 4) is 5.88 Å². The zero-order valence-electron chi connectivity index (χ0n) is 14.4. The van der Waals surface area contributed by atoms with Gasteiger partial charge in [-0.15, -0.1) is 0 Å². The Bertz CT molecular complexity index is 840. The smallest absolute Gasteiger partial charge is 0.213 e. The maximum absolute atomic E-state index is 5.41. The maximum Gasteiger partial charge on any atom is 0.213 e. The van der Waals surface area contributed by atoms with Gasteiger partial charge in [-0.2, -0.15) is 0 Å². The molecule has 1 aliphatic heterocycles. The average Bonchev–Trinajstić information content (AvgIpc) is 3.07. The number of methoxy groups -OCH3 is 1. The Kier molecular flexibility index (Phi) is 4.63. The third-order valence-electron chi connectivity index (χ3n) is 4.67. The van der Waals surface area contributed by atoms with E-state index in [1.54, 1.807) is 7.11 Å². The summed E-state index contributed by atoms with van der Waals surface area (Å²) in [5, 5.41) is 5.36. The Hall–Kier alpha value is -2.44. The van der Waals surface area contributed by atoms with Crippen LogP contribution in [-0.4, -0.2) is 53.2 Å². The zero-order valence-corrected chi connectivity index (χ0v) is 14.4. The van der Waals surface area contributed by atoms with Gasteiger partial charge in [0, 0.05) is 50.7 Å². The maximum atomic E-state index is 5.41. The van der Waals surface area contributed by atoms with E-state index in [1.165, 1.54) is 0 Å². The number of hydrogen-bond acceptors (Lipinski definition) is 6. The fourth-order valence-electron chi connectivity index (χ4n) is 3.26. The summed E-state index contributed by atoms with van der Waals surface area (Å²) in [6.45, 7) is 5.78. The highest BCUT2D eigenvalue weighted by Crippen LogP contribution is 2.20. The summed E-state index contributed by atoms with van der Waals surface area (Å²) in [5.74, 6) is 0.675. The van der Waals surface area contributed by atoms with E-state index in [4.69, 9.17) is 9.26 Å². The predicted molar refractivity (Wildman–Crippen MR) is 95.4 cm³/mol. The summed E-state index contributed by atoms with van der Waals surface area (Å²) in [6, 6.07) is 14.0. The number of ether oxygens (including phenoxy) is 1. The van der Waals surface area contributed by atoms with Crippen molar-refractivity contribution in [3.63, 3.8) is 0 Å². The van der Waals surface area contributed by atoms with Gasteiger partial charge in [0.05, 0.1) is 12.8 Å². The van der Waals surface area contributed by atoms with E-state index in [2.05, 4.69) is 32.1 Å². The molecule has 4 rings (SSSR count). The normalized spacial score (nSPS) is 16.4. The summed E-state index contributed by atoms with van der Waals surface area (Å²) in [6.07, 6.45) is 0. The van der Waals surface area contributed by atoms with Gasteiger partial charge in [-0.1, -0.05) is 23.4 Å². The number of para-hydroxylation sites is 1. The van der Waals surface area contributed by atoms with Crippen LogP contribution in [0.3, 0.4) is 0 Å². The molecule has 0 N–H and O–H groups in total. The van der Waals surface area contributed by atoms with Crippen LogP contribution in [0.1, 0.15) is 11.4 Å². The molecule has 0 amide bonds. The molecule has 3 heterocycles. The SMILES string of the molecule is COc1cccc(CN2CCN(Cc3noc4ccccc34)CC2)n1. The lowest BCUT2D eigenvalue weighted by Crippen LogP contribution is -2.45. The molecule has 1 saturated heterocycles. The topological polar surface area (TPSA) is 54.6 Å². The molecule has 1 aliphatic rings. The van der Waals surface area contributed by atoms with Crippen molar-refractivity contribution in [1.82, 2.24) is 19.9 Å². The summed E-state index contributed by atoms with van der Waals surface area (Å²) >= 11 is 0. The first-order valence-electron chi connectivity index (χ1n) is 8.60. The third-order valence-corrected chi connectivity index (χ3v) is 4.67. The Morgan fingerprint density at radius 2 is 1.72 bits per heavy atom. The van der Waals surface area contributed by atoms with Gasteiger partial charge in [-0.25, -0.2) is 4.98 Å². The van der Waals surface area contributed by atoms with E-state index in [1.807, 2.05) is 30.3 Å². The van der Waals surface area contributed by atoms with Crippen LogP contribution in [-0.2, 0) is 13.1 Å². The standard InChI is InChI=1S/C19H22N4O2/c1-24-19-8-4-5-15(20-19)13-22-9-11-23(12-10-22)14-17-16-6-2-3-7-18(16)25-21-17/h2-8H,9-14H2,1H3. The fraction of sp³-hybridized carbons (Fsp3) is 0.368.